The summed E-state index contributed by atoms with van der Waals surface area (Å²) in [7, 11) is -2.36. The van der Waals surface area contributed by atoms with Gasteiger partial charge in [-0.1, -0.05) is 29.3 Å². The summed E-state index contributed by atoms with van der Waals surface area (Å²) < 4.78 is 31.6. The molecule has 0 fully saturated rings. The van der Waals surface area contributed by atoms with E-state index >= 15 is 0 Å². The third-order valence-electron chi connectivity index (χ3n) is 3.29. The van der Waals surface area contributed by atoms with Gasteiger partial charge in [0.15, 0.2) is 0 Å². The van der Waals surface area contributed by atoms with Crippen LogP contribution < -0.4 is 10.1 Å². The Kier molecular flexibility index (Phi) is 6.83. The van der Waals surface area contributed by atoms with Gasteiger partial charge in [0.1, 0.15) is 16.6 Å². The number of nitrogens with zero attached hydrogens (tertiary/aromatic N) is 1. The van der Waals surface area contributed by atoms with Crippen molar-refractivity contribution < 1.29 is 17.9 Å². The highest BCUT2D eigenvalue weighted by molar-refractivity contribution is 7.91. The van der Waals surface area contributed by atoms with Crippen molar-refractivity contribution in [3.05, 3.63) is 46.3 Å². The van der Waals surface area contributed by atoms with Crippen molar-refractivity contribution in [2.75, 3.05) is 26.7 Å². The van der Waals surface area contributed by atoms with Crippen LogP contribution in [0.25, 0.3) is 0 Å². The number of carbonyl (C=O) groups excluding carboxylic acids is 1. The van der Waals surface area contributed by atoms with Crippen molar-refractivity contribution in [2.45, 2.75) is 11.1 Å². The summed E-state index contributed by atoms with van der Waals surface area (Å²) in [6.45, 7) is 2.29. The molecule has 0 unspecified atom stereocenters. The van der Waals surface area contributed by atoms with Crippen molar-refractivity contribution in [3.8, 4) is 5.75 Å². The summed E-state index contributed by atoms with van der Waals surface area (Å²) >= 11 is 6.72. The molecule has 136 valence electrons. The first-order valence-corrected chi connectivity index (χ1v) is 10.1. The molecule has 1 aromatic carbocycles. The first kappa shape index (κ1) is 19.7. The molecule has 0 atom stereocenters. The van der Waals surface area contributed by atoms with Crippen LogP contribution in [0, 0.1) is 6.92 Å². The Hall–Kier alpha value is -1.61. The van der Waals surface area contributed by atoms with Crippen LogP contribution in [0.5, 0.6) is 5.75 Å². The van der Waals surface area contributed by atoms with E-state index in [1.807, 2.05) is 31.2 Å². The number of carbonyl (C=O) groups is 1. The average Bonchev–Trinajstić information content (AvgIpc) is 3.00. The first-order chi connectivity index (χ1) is 11.8. The van der Waals surface area contributed by atoms with Gasteiger partial charge in [-0.05, 0) is 31.2 Å². The second-order valence-electron chi connectivity index (χ2n) is 5.33. The molecule has 0 radical (unpaired) electrons. The highest BCUT2D eigenvalue weighted by Gasteiger charge is 2.24. The van der Waals surface area contributed by atoms with Gasteiger partial charge in [0.05, 0.1) is 17.4 Å². The predicted molar refractivity (Wildman–Crippen MR) is 98.8 cm³/mol. The molecule has 1 heterocycles. The molecular weight excluding hydrogens is 384 g/mol. The van der Waals surface area contributed by atoms with Gasteiger partial charge in [-0.2, -0.15) is 4.31 Å². The van der Waals surface area contributed by atoms with Crippen LogP contribution >= 0.6 is 22.9 Å². The maximum atomic E-state index is 12.3. The van der Waals surface area contributed by atoms with Gasteiger partial charge in [-0.25, -0.2) is 8.42 Å². The largest absolute Gasteiger partial charge is 0.492 e. The fraction of sp³-hybridized carbons (Fsp3) is 0.312. The van der Waals surface area contributed by atoms with E-state index in [-0.39, 0.29) is 17.3 Å². The molecule has 2 aromatic rings. The lowest BCUT2D eigenvalue weighted by atomic mass is 10.2. The number of aryl methyl sites for hydroxylation is 1. The quantitative estimate of drug-likeness (QED) is 0.688. The number of benzene rings is 1. The monoisotopic (exact) mass is 402 g/mol. The van der Waals surface area contributed by atoms with E-state index in [4.69, 9.17) is 16.3 Å². The summed E-state index contributed by atoms with van der Waals surface area (Å²) in [5.74, 6) is 0.315. The van der Waals surface area contributed by atoms with Crippen molar-refractivity contribution in [2.24, 2.45) is 0 Å². The van der Waals surface area contributed by atoms with Crippen LogP contribution in [0.15, 0.2) is 40.6 Å². The lowest BCUT2D eigenvalue weighted by Crippen LogP contribution is -2.39. The van der Waals surface area contributed by atoms with Gasteiger partial charge in [0.2, 0.25) is 5.91 Å². The minimum atomic E-state index is -3.72. The van der Waals surface area contributed by atoms with Gasteiger partial charge < -0.3 is 10.1 Å². The highest BCUT2D eigenvalue weighted by Crippen LogP contribution is 2.27. The van der Waals surface area contributed by atoms with Crippen molar-refractivity contribution in [3.63, 3.8) is 0 Å². The molecule has 0 aliphatic rings. The first-order valence-electron chi connectivity index (χ1n) is 7.47. The zero-order chi connectivity index (χ0) is 18.4. The molecule has 6 nitrogen and oxygen atoms in total. The highest BCUT2D eigenvalue weighted by atomic mass is 35.5. The molecule has 0 aliphatic carbocycles. The van der Waals surface area contributed by atoms with E-state index in [1.54, 1.807) is 0 Å². The number of halogens is 1. The van der Waals surface area contributed by atoms with E-state index in [0.29, 0.717) is 16.7 Å². The fourth-order valence-corrected chi connectivity index (χ4v) is 4.75. The second kappa shape index (κ2) is 8.66. The van der Waals surface area contributed by atoms with Gasteiger partial charge in [-0.3, -0.25) is 4.79 Å². The van der Waals surface area contributed by atoms with Crippen LogP contribution in [0.4, 0.5) is 0 Å². The molecule has 0 spiro atoms. The summed E-state index contributed by atoms with van der Waals surface area (Å²) in [6, 6.07) is 10.5. The Balaban J connectivity index is 1.76. The van der Waals surface area contributed by atoms with Crippen LogP contribution in [0.1, 0.15) is 5.56 Å². The number of sulfonamides is 1. The normalized spacial score (nSPS) is 11.5. The SMILES string of the molecule is Cc1ccc(OCCNC(=O)CN(C)S(=O)(=O)c2ccc(Cl)s2)cc1. The number of hydrogen-bond acceptors (Lipinski definition) is 5. The summed E-state index contributed by atoms with van der Waals surface area (Å²) in [5, 5.41) is 2.63. The van der Waals surface area contributed by atoms with E-state index in [1.165, 1.54) is 19.2 Å². The van der Waals surface area contributed by atoms with Gasteiger partial charge in [-0.15, -0.1) is 11.3 Å². The molecule has 0 saturated heterocycles. The standard InChI is InChI=1S/C16H19ClN2O4S2/c1-12-3-5-13(6-4-12)23-10-9-18-15(20)11-19(2)25(21,22)16-8-7-14(17)24-16/h3-8H,9-11H2,1-2H3,(H,18,20). The summed E-state index contributed by atoms with van der Waals surface area (Å²) in [6.07, 6.45) is 0. The van der Waals surface area contributed by atoms with Crippen LogP contribution in [-0.4, -0.2) is 45.4 Å². The Bertz CT molecular complexity index is 819. The van der Waals surface area contributed by atoms with E-state index in [9.17, 15) is 13.2 Å². The van der Waals surface area contributed by atoms with Crippen LogP contribution in [0.3, 0.4) is 0 Å². The lowest BCUT2D eigenvalue weighted by Gasteiger charge is -2.15. The fourth-order valence-electron chi connectivity index (χ4n) is 1.93. The number of rotatable bonds is 8. The smallest absolute Gasteiger partial charge is 0.252 e. The van der Waals surface area contributed by atoms with Crippen molar-refractivity contribution in [1.82, 2.24) is 9.62 Å². The Morgan fingerprint density at radius 2 is 1.92 bits per heavy atom. The molecule has 9 heteroatoms. The molecule has 1 aromatic heterocycles. The summed E-state index contributed by atoms with van der Waals surface area (Å²) in [5.41, 5.74) is 1.14. The number of nitrogens with one attached hydrogen (secondary N) is 1. The molecule has 0 saturated carbocycles. The lowest BCUT2D eigenvalue weighted by molar-refractivity contribution is -0.121. The number of thiophene rings is 1. The third kappa shape index (κ3) is 5.71. The number of hydrogen-bond donors (Lipinski definition) is 1. The van der Waals surface area contributed by atoms with Crippen molar-refractivity contribution in [1.29, 1.82) is 0 Å². The molecule has 2 rings (SSSR count). The molecule has 0 bridgehead atoms. The summed E-state index contributed by atoms with van der Waals surface area (Å²) in [4.78, 5) is 11.9. The zero-order valence-electron chi connectivity index (χ0n) is 13.9. The van der Waals surface area contributed by atoms with Gasteiger partial charge in [0, 0.05) is 7.05 Å². The zero-order valence-corrected chi connectivity index (χ0v) is 16.2. The van der Waals surface area contributed by atoms with Gasteiger partial charge >= 0.3 is 0 Å². The molecule has 25 heavy (non-hydrogen) atoms. The third-order valence-corrected chi connectivity index (χ3v) is 6.80. The number of ether oxygens (including phenoxy) is 1. The minimum absolute atomic E-state index is 0.107. The number of likely N-dealkylation sites (N-methyl/N-ethyl adjacent to an activating group) is 1. The Labute approximate surface area is 156 Å². The maximum Gasteiger partial charge on any atom is 0.252 e. The second-order valence-corrected chi connectivity index (χ2v) is 9.32. The van der Waals surface area contributed by atoms with Crippen LogP contribution in [0.2, 0.25) is 4.34 Å². The van der Waals surface area contributed by atoms with E-state index < -0.39 is 15.9 Å². The van der Waals surface area contributed by atoms with Gasteiger partial charge in [0.25, 0.3) is 10.0 Å². The average molecular weight is 403 g/mol. The predicted octanol–water partition coefficient (Wildman–Crippen LogP) is 2.53. The van der Waals surface area contributed by atoms with E-state index in [2.05, 4.69) is 5.32 Å². The molecular formula is C16H19ClN2O4S2. The molecule has 0 aliphatic heterocycles. The molecule has 1 N–H and O–H groups in total. The Morgan fingerprint density at radius 3 is 2.52 bits per heavy atom. The van der Waals surface area contributed by atoms with E-state index in [0.717, 1.165) is 21.2 Å². The topological polar surface area (TPSA) is 75.7 Å². The maximum absolute atomic E-state index is 12.3. The number of amides is 1. The Morgan fingerprint density at radius 1 is 1.24 bits per heavy atom. The van der Waals surface area contributed by atoms with Crippen LogP contribution in [-0.2, 0) is 14.8 Å². The molecule has 1 amide bonds. The van der Waals surface area contributed by atoms with Crippen molar-refractivity contribution >= 4 is 38.9 Å². The minimum Gasteiger partial charge on any atom is -0.492 e.